The zero-order valence-corrected chi connectivity index (χ0v) is 29.2. The molecule has 0 saturated carbocycles. The lowest BCUT2D eigenvalue weighted by molar-refractivity contribution is -0.160. The molecule has 2 unspecified atom stereocenters. The lowest BCUT2D eigenvalue weighted by atomic mass is 9.82. The summed E-state index contributed by atoms with van der Waals surface area (Å²) in [6.07, 6.45) is -1.05. The average Bonchev–Trinajstić information content (AvgIpc) is 3.58. The van der Waals surface area contributed by atoms with Gasteiger partial charge in [-0.25, -0.2) is 18.2 Å². The first-order valence-electron chi connectivity index (χ1n) is 16.2. The number of rotatable bonds is 12. The molecule has 0 spiro atoms. The summed E-state index contributed by atoms with van der Waals surface area (Å²) >= 11 is 1.17. The van der Waals surface area contributed by atoms with Crippen LogP contribution in [0.5, 0.6) is 0 Å². The van der Waals surface area contributed by atoms with E-state index in [0.717, 1.165) is 28.7 Å². The highest BCUT2D eigenvalue weighted by atomic mass is 32.1. The van der Waals surface area contributed by atoms with Gasteiger partial charge >= 0.3 is 5.97 Å². The molecule has 4 aromatic rings. The Bertz CT molecular complexity index is 1870. The molecule has 8 nitrogen and oxygen atoms in total. The second-order valence-electron chi connectivity index (χ2n) is 13.3. The molecule has 3 aromatic carbocycles. The van der Waals surface area contributed by atoms with Gasteiger partial charge in [-0.3, -0.25) is 24.1 Å². The number of thiazole rings is 1. The fourth-order valence-corrected chi connectivity index (χ4v) is 7.43. The number of ether oxygens (including phenoxy) is 1. The van der Waals surface area contributed by atoms with Gasteiger partial charge < -0.3 is 9.64 Å². The predicted octanol–water partition coefficient (Wildman–Crippen LogP) is 7.57. The van der Waals surface area contributed by atoms with Gasteiger partial charge in [-0.15, -0.1) is 11.3 Å². The lowest BCUT2D eigenvalue weighted by Gasteiger charge is -2.41. The number of hydrogen-bond donors (Lipinski definition) is 0. The Balaban J connectivity index is 1.61. The Morgan fingerprint density at radius 1 is 0.940 bits per heavy atom. The zero-order valence-electron chi connectivity index (χ0n) is 28.4. The lowest BCUT2D eigenvalue weighted by Crippen LogP contribution is -2.49. The largest absolute Gasteiger partial charge is 0.453 e. The summed E-state index contributed by atoms with van der Waals surface area (Å²) < 4.78 is 49.6. The standard InChI is InChI=1S/C38H38F3N3O5S/c1-22(49-23(2)45)35(46)43(18-17-26(21-39)44-36(47)27-13-9-10-14-28(27)37(44)48)33(38(3,4)5)32-31(19-24-11-7-6-8-12-24)50-34(42-32)29-20-25(40)15-16-30(29)41/h6-16,20,22,26,33H,17-19,21H2,1-5H3/t22?,26?,33-/m1/s1. The van der Waals surface area contributed by atoms with E-state index in [1.54, 1.807) is 12.1 Å². The number of hydrogen-bond acceptors (Lipinski definition) is 7. The molecule has 3 atom stereocenters. The summed E-state index contributed by atoms with van der Waals surface area (Å²) in [7, 11) is 0. The molecule has 0 aliphatic carbocycles. The number of imide groups is 1. The summed E-state index contributed by atoms with van der Waals surface area (Å²) in [4.78, 5) is 60.7. The van der Waals surface area contributed by atoms with Gasteiger partial charge in [-0.05, 0) is 54.7 Å². The van der Waals surface area contributed by atoms with Crippen molar-refractivity contribution >= 4 is 35.0 Å². The second-order valence-corrected chi connectivity index (χ2v) is 14.4. The summed E-state index contributed by atoms with van der Waals surface area (Å²) in [6.45, 7) is 6.99. The minimum atomic E-state index is -1.25. The van der Waals surface area contributed by atoms with Crippen LogP contribution in [0, 0.1) is 17.0 Å². The highest BCUT2D eigenvalue weighted by Gasteiger charge is 2.43. The third kappa shape index (κ3) is 7.65. The van der Waals surface area contributed by atoms with Gasteiger partial charge in [0, 0.05) is 30.3 Å². The van der Waals surface area contributed by atoms with Gasteiger partial charge in [0.2, 0.25) is 0 Å². The van der Waals surface area contributed by atoms with Crippen molar-refractivity contribution in [2.45, 2.75) is 65.6 Å². The molecule has 12 heteroatoms. The average molecular weight is 706 g/mol. The molecule has 1 aromatic heterocycles. The van der Waals surface area contributed by atoms with Gasteiger partial charge in [-0.1, -0.05) is 63.2 Å². The Morgan fingerprint density at radius 2 is 1.56 bits per heavy atom. The number of carbonyl (C=O) groups is 4. The van der Waals surface area contributed by atoms with Crippen molar-refractivity contribution in [2.75, 3.05) is 13.2 Å². The van der Waals surface area contributed by atoms with Crippen molar-refractivity contribution < 1.29 is 37.1 Å². The Morgan fingerprint density at radius 3 is 2.14 bits per heavy atom. The van der Waals surface area contributed by atoms with E-state index in [1.807, 2.05) is 51.1 Å². The summed E-state index contributed by atoms with van der Waals surface area (Å²) in [5, 5.41) is 0.199. The van der Waals surface area contributed by atoms with Crippen LogP contribution in [-0.4, -0.2) is 63.8 Å². The van der Waals surface area contributed by atoms with E-state index < -0.39 is 65.6 Å². The van der Waals surface area contributed by atoms with Gasteiger partial charge in [0.1, 0.15) is 23.3 Å². The number of aromatic nitrogens is 1. The number of fused-ring (bicyclic) bond motifs is 1. The highest BCUT2D eigenvalue weighted by molar-refractivity contribution is 7.15. The van der Waals surface area contributed by atoms with Crippen molar-refractivity contribution in [3.63, 3.8) is 0 Å². The molecule has 0 radical (unpaired) electrons. The quantitative estimate of drug-likeness (QED) is 0.112. The molecular formula is C38H38F3N3O5S. The normalized spacial score (nSPS) is 14.7. The van der Waals surface area contributed by atoms with Gasteiger partial charge in [0.05, 0.1) is 28.9 Å². The molecular weight excluding hydrogens is 667 g/mol. The van der Waals surface area contributed by atoms with E-state index in [9.17, 15) is 28.0 Å². The minimum absolute atomic E-state index is 0.0440. The Kier molecular flexibility index (Phi) is 10.9. The van der Waals surface area contributed by atoms with Crippen molar-refractivity contribution in [3.05, 3.63) is 112 Å². The van der Waals surface area contributed by atoms with E-state index >= 15 is 4.39 Å². The molecule has 2 heterocycles. The Labute approximate surface area is 292 Å². The third-order valence-corrected chi connectivity index (χ3v) is 9.63. The first kappa shape index (κ1) is 36.4. The van der Waals surface area contributed by atoms with E-state index in [4.69, 9.17) is 9.72 Å². The van der Waals surface area contributed by atoms with Crippen molar-refractivity contribution in [1.82, 2.24) is 14.8 Å². The van der Waals surface area contributed by atoms with Crippen molar-refractivity contribution in [1.29, 1.82) is 0 Å². The third-order valence-electron chi connectivity index (χ3n) is 8.53. The van der Waals surface area contributed by atoms with Gasteiger partial charge in [-0.2, -0.15) is 0 Å². The van der Waals surface area contributed by atoms with Gasteiger partial charge in [0.15, 0.2) is 6.10 Å². The number of esters is 1. The van der Waals surface area contributed by atoms with Crippen LogP contribution in [0.2, 0.25) is 0 Å². The number of amides is 3. The van der Waals surface area contributed by atoms with E-state index in [1.165, 1.54) is 42.2 Å². The first-order valence-corrected chi connectivity index (χ1v) is 17.0. The number of alkyl halides is 1. The molecule has 0 bridgehead atoms. The SMILES string of the molecule is CC(=O)OC(C)C(=O)N(CCC(CF)N1C(=O)c2ccccc2C1=O)[C@H](c1nc(-c2cc(F)ccc2F)sc1Cc1ccccc1)C(C)(C)C. The monoisotopic (exact) mass is 705 g/mol. The maximum absolute atomic E-state index is 15.1. The van der Waals surface area contributed by atoms with E-state index in [-0.39, 0.29) is 34.7 Å². The maximum Gasteiger partial charge on any atom is 0.303 e. The number of benzene rings is 3. The van der Waals surface area contributed by atoms with Gasteiger partial charge in [0.25, 0.3) is 17.7 Å². The van der Waals surface area contributed by atoms with Crippen LogP contribution in [0.15, 0.2) is 72.8 Å². The maximum atomic E-state index is 15.1. The molecule has 0 saturated heterocycles. The van der Waals surface area contributed by atoms with Crippen LogP contribution in [0.4, 0.5) is 13.2 Å². The van der Waals surface area contributed by atoms with Crippen LogP contribution in [-0.2, 0) is 20.7 Å². The van der Waals surface area contributed by atoms with Crippen molar-refractivity contribution in [2.24, 2.45) is 5.41 Å². The molecule has 50 heavy (non-hydrogen) atoms. The van der Waals surface area contributed by atoms with Crippen LogP contribution >= 0.6 is 11.3 Å². The van der Waals surface area contributed by atoms with Crippen LogP contribution in [0.3, 0.4) is 0 Å². The summed E-state index contributed by atoms with van der Waals surface area (Å²) in [5.41, 5.74) is 0.841. The molecule has 262 valence electrons. The fraction of sp³-hybridized carbons (Fsp3) is 0.342. The predicted molar refractivity (Wildman–Crippen MR) is 183 cm³/mol. The fourth-order valence-electron chi connectivity index (χ4n) is 6.29. The van der Waals surface area contributed by atoms with Crippen LogP contribution in [0.25, 0.3) is 10.6 Å². The van der Waals surface area contributed by atoms with Crippen LogP contribution < -0.4 is 0 Å². The minimum Gasteiger partial charge on any atom is -0.453 e. The zero-order chi connectivity index (χ0) is 36.3. The topological polar surface area (TPSA) is 96.9 Å². The van der Waals surface area contributed by atoms with Crippen LogP contribution in [0.1, 0.15) is 83.9 Å². The number of carbonyl (C=O) groups excluding carboxylic acids is 4. The molecule has 0 N–H and O–H groups in total. The van der Waals surface area contributed by atoms with Crippen molar-refractivity contribution in [3.8, 4) is 10.6 Å². The highest BCUT2D eigenvalue weighted by Crippen LogP contribution is 2.44. The molecule has 5 rings (SSSR count). The summed E-state index contributed by atoms with van der Waals surface area (Å²) in [5.74, 6) is -3.87. The summed E-state index contributed by atoms with van der Waals surface area (Å²) in [6, 6.07) is 16.7. The number of nitrogens with zero attached hydrogens (tertiary/aromatic N) is 3. The number of halogens is 3. The molecule has 1 aliphatic rings. The molecule has 3 amide bonds. The smallest absolute Gasteiger partial charge is 0.303 e. The molecule has 0 fully saturated rings. The Hall–Kier alpha value is -4.84. The molecule has 1 aliphatic heterocycles. The first-order chi connectivity index (χ1) is 23.7. The van der Waals surface area contributed by atoms with E-state index in [0.29, 0.717) is 17.0 Å². The van der Waals surface area contributed by atoms with E-state index in [2.05, 4.69) is 0 Å². The second kappa shape index (κ2) is 15.0.